The zero-order valence-corrected chi connectivity index (χ0v) is 12.3. The van der Waals surface area contributed by atoms with Gasteiger partial charge >= 0.3 is 0 Å². The van der Waals surface area contributed by atoms with E-state index in [1.54, 1.807) is 0 Å². The number of nitrogens with two attached hydrogens (primary N) is 1. The van der Waals surface area contributed by atoms with Crippen molar-refractivity contribution in [3.8, 4) is 0 Å². The molecule has 17 heavy (non-hydrogen) atoms. The van der Waals surface area contributed by atoms with E-state index in [0.29, 0.717) is 12.6 Å². The van der Waals surface area contributed by atoms with Crippen LogP contribution in [0, 0.1) is 0 Å². The van der Waals surface area contributed by atoms with Crippen molar-refractivity contribution in [3.05, 3.63) is 28.8 Å². The fourth-order valence-corrected chi connectivity index (χ4v) is 2.60. The van der Waals surface area contributed by atoms with Gasteiger partial charge in [-0.2, -0.15) is 11.8 Å². The standard InChI is InChI=1S/C13H21ClN2S/c1-10(6-7-17-3)16(2)13-5-4-11(9-15)8-12(13)14/h4-5,8,10H,6-7,9,15H2,1-3H3. The van der Waals surface area contributed by atoms with Gasteiger partial charge in [0.15, 0.2) is 0 Å². The summed E-state index contributed by atoms with van der Waals surface area (Å²) in [4.78, 5) is 2.23. The molecule has 1 aromatic carbocycles. The minimum atomic E-state index is 0.490. The van der Waals surface area contributed by atoms with Crippen molar-refractivity contribution >= 4 is 29.1 Å². The summed E-state index contributed by atoms with van der Waals surface area (Å²) in [6.07, 6.45) is 3.29. The Morgan fingerprint density at radius 1 is 1.47 bits per heavy atom. The van der Waals surface area contributed by atoms with E-state index in [9.17, 15) is 0 Å². The number of hydrogen-bond donors (Lipinski definition) is 1. The minimum Gasteiger partial charge on any atom is -0.371 e. The molecule has 0 saturated heterocycles. The number of nitrogens with zero attached hydrogens (tertiary/aromatic N) is 1. The highest BCUT2D eigenvalue weighted by Gasteiger charge is 2.12. The molecule has 96 valence electrons. The Labute approximate surface area is 114 Å². The first kappa shape index (κ1) is 14.7. The third-order valence-electron chi connectivity index (χ3n) is 3.03. The molecular weight excluding hydrogens is 252 g/mol. The molecule has 0 aliphatic carbocycles. The number of hydrogen-bond acceptors (Lipinski definition) is 3. The number of thioether (sulfide) groups is 1. The lowest BCUT2D eigenvalue weighted by Gasteiger charge is -2.28. The van der Waals surface area contributed by atoms with E-state index in [2.05, 4.69) is 31.2 Å². The zero-order chi connectivity index (χ0) is 12.8. The van der Waals surface area contributed by atoms with Crippen molar-refractivity contribution in [2.24, 2.45) is 5.73 Å². The van der Waals surface area contributed by atoms with Gasteiger partial charge in [0.1, 0.15) is 0 Å². The lowest BCUT2D eigenvalue weighted by Crippen LogP contribution is -2.29. The predicted octanol–water partition coefficient (Wildman–Crippen LogP) is 3.38. The van der Waals surface area contributed by atoms with Crippen LogP contribution in [0.1, 0.15) is 18.9 Å². The molecule has 2 N–H and O–H groups in total. The monoisotopic (exact) mass is 272 g/mol. The lowest BCUT2D eigenvalue weighted by molar-refractivity contribution is 0.669. The molecule has 1 unspecified atom stereocenters. The highest BCUT2D eigenvalue weighted by Crippen LogP contribution is 2.28. The van der Waals surface area contributed by atoms with Gasteiger partial charge in [-0.15, -0.1) is 0 Å². The minimum absolute atomic E-state index is 0.490. The first-order chi connectivity index (χ1) is 8.10. The van der Waals surface area contributed by atoms with Gasteiger partial charge in [-0.05, 0) is 43.0 Å². The van der Waals surface area contributed by atoms with Gasteiger partial charge < -0.3 is 10.6 Å². The van der Waals surface area contributed by atoms with E-state index in [-0.39, 0.29) is 0 Å². The van der Waals surface area contributed by atoms with Crippen LogP contribution in [-0.2, 0) is 6.54 Å². The Morgan fingerprint density at radius 3 is 2.71 bits per heavy atom. The summed E-state index contributed by atoms with van der Waals surface area (Å²) < 4.78 is 0. The number of halogens is 1. The predicted molar refractivity (Wildman–Crippen MR) is 80.2 cm³/mol. The van der Waals surface area contributed by atoms with E-state index in [0.717, 1.165) is 22.7 Å². The third-order valence-corrected chi connectivity index (χ3v) is 3.98. The number of anilines is 1. The Kier molecular flexibility index (Phi) is 6.17. The molecule has 0 fully saturated rings. The Hall–Kier alpha value is -0.380. The van der Waals surface area contributed by atoms with Crippen LogP contribution in [-0.4, -0.2) is 25.1 Å². The van der Waals surface area contributed by atoms with Crippen LogP contribution in [0.5, 0.6) is 0 Å². The van der Waals surface area contributed by atoms with Crippen molar-refractivity contribution in [2.45, 2.75) is 25.9 Å². The maximum atomic E-state index is 6.28. The molecule has 0 heterocycles. The van der Waals surface area contributed by atoms with Crippen LogP contribution in [0.4, 0.5) is 5.69 Å². The smallest absolute Gasteiger partial charge is 0.0642 e. The van der Waals surface area contributed by atoms with Crippen LogP contribution in [0.3, 0.4) is 0 Å². The molecule has 0 aliphatic heterocycles. The molecule has 4 heteroatoms. The number of benzene rings is 1. The molecule has 0 bridgehead atoms. The topological polar surface area (TPSA) is 29.3 Å². The van der Waals surface area contributed by atoms with Gasteiger partial charge in [0.2, 0.25) is 0 Å². The maximum Gasteiger partial charge on any atom is 0.0642 e. The van der Waals surface area contributed by atoms with Gasteiger partial charge in [0.25, 0.3) is 0 Å². The molecule has 0 saturated carbocycles. The summed E-state index contributed by atoms with van der Waals surface area (Å²) in [7, 11) is 2.09. The van der Waals surface area contributed by atoms with Crippen molar-refractivity contribution in [1.82, 2.24) is 0 Å². The molecule has 1 atom stereocenters. The molecular formula is C13H21ClN2S. The molecule has 1 aromatic rings. The summed E-state index contributed by atoms with van der Waals surface area (Å²) in [6.45, 7) is 2.76. The fourth-order valence-electron chi connectivity index (χ4n) is 1.68. The van der Waals surface area contributed by atoms with Gasteiger partial charge in [-0.3, -0.25) is 0 Å². The fraction of sp³-hybridized carbons (Fsp3) is 0.538. The normalized spacial score (nSPS) is 12.5. The van der Waals surface area contributed by atoms with Gasteiger partial charge in [-0.1, -0.05) is 17.7 Å². The van der Waals surface area contributed by atoms with Crippen LogP contribution >= 0.6 is 23.4 Å². The van der Waals surface area contributed by atoms with Gasteiger partial charge in [-0.25, -0.2) is 0 Å². The first-order valence-electron chi connectivity index (χ1n) is 5.80. The highest BCUT2D eigenvalue weighted by molar-refractivity contribution is 7.98. The van der Waals surface area contributed by atoms with E-state index < -0.39 is 0 Å². The molecule has 1 rings (SSSR count). The molecule has 0 aromatic heterocycles. The Morgan fingerprint density at radius 2 is 2.18 bits per heavy atom. The van der Waals surface area contributed by atoms with E-state index in [4.69, 9.17) is 17.3 Å². The van der Waals surface area contributed by atoms with Crippen LogP contribution in [0.2, 0.25) is 5.02 Å². The van der Waals surface area contributed by atoms with E-state index >= 15 is 0 Å². The lowest BCUT2D eigenvalue weighted by atomic mass is 10.1. The summed E-state index contributed by atoms with van der Waals surface area (Å²) >= 11 is 8.16. The van der Waals surface area contributed by atoms with Crippen molar-refractivity contribution < 1.29 is 0 Å². The van der Waals surface area contributed by atoms with Crippen molar-refractivity contribution in [1.29, 1.82) is 0 Å². The summed E-state index contributed by atoms with van der Waals surface area (Å²) in [5.41, 5.74) is 7.75. The Bertz CT molecular complexity index is 357. The van der Waals surface area contributed by atoms with E-state index in [1.807, 2.05) is 23.9 Å². The molecule has 2 nitrogen and oxygen atoms in total. The van der Waals surface area contributed by atoms with Crippen LogP contribution in [0.25, 0.3) is 0 Å². The number of rotatable bonds is 6. The first-order valence-corrected chi connectivity index (χ1v) is 7.57. The third kappa shape index (κ3) is 4.09. The average Bonchev–Trinajstić information content (AvgIpc) is 2.34. The highest BCUT2D eigenvalue weighted by atomic mass is 35.5. The Balaban J connectivity index is 2.77. The average molecular weight is 273 g/mol. The van der Waals surface area contributed by atoms with Crippen LogP contribution < -0.4 is 10.6 Å². The second-order valence-electron chi connectivity index (χ2n) is 4.23. The van der Waals surface area contributed by atoms with Crippen LogP contribution in [0.15, 0.2) is 18.2 Å². The zero-order valence-electron chi connectivity index (χ0n) is 10.7. The quantitative estimate of drug-likeness (QED) is 0.861. The van der Waals surface area contributed by atoms with Gasteiger partial charge in [0.05, 0.1) is 10.7 Å². The molecule has 0 radical (unpaired) electrons. The van der Waals surface area contributed by atoms with Gasteiger partial charge in [0, 0.05) is 19.6 Å². The largest absolute Gasteiger partial charge is 0.371 e. The maximum absolute atomic E-state index is 6.28. The molecule has 0 spiro atoms. The summed E-state index contributed by atoms with van der Waals surface area (Å²) in [5.74, 6) is 1.17. The van der Waals surface area contributed by atoms with E-state index in [1.165, 1.54) is 5.75 Å². The second kappa shape index (κ2) is 7.14. The van der Waals surface area contributed by atoms with Crippen molar-refractivity contribution in [3.63, 3.8) is 0 Å². The molecule has 0 aliphatic rings. The van der Waals surface area contributed by atoms with Crippen molar-refractivity contribution in [2.75, 3.05) is 24.0 Å². The second-order valence-corrected chi connectivity index (χ2v) is 5.62. The summed E-state index contributed by atoms with van der Waals surface area (Å²) in [5, 5.41) is 0.784. The SMILES string of the molecule is CSCCC(C)N(C)c1ccc(CN)cc1Cl. The molecule has 0 amide bonds. The summed E-state index contributed by atoms with van der Waals surface area (Å²) in [6, 6.07) is 6.54.